The van der Waals surface area contributed by atoms with E-state index in [1.165, 1.54) is 24.3 Å². The van der Waals surface area contributed by atoms with Crippen LogP contribution in [0.2, 0.25) is 0 Å². The molecule has 21 heavy (non-hydrogen) atoms. The Bertz CT molecular complexity index is 587. The summed E-state index contributed by atoms with van der Waals surface area (Å²) in [6.45, 7) is -2.84. The van der Waals surface area contributed by atoms with E-state index in [0.29, 0.717) is 5.75 Å². The largest absolute Gasteiger partial charge is 0.484 e. The molecule has 0 N–H and O–H groups in total. The van der Waals surface area contributed by atoms with Crippen molar-refractivity contribution < 1.29 is 18.3 Å². The smallest absolute Gasteiger partial charge is 0.319 e. The molecule has 2 aromatic rings. The molecule has 7 heteroatoms. The lowest BCUT2D eigenvalue weighted by atomic mass is 10.3. The fourth-order valence-corrected chi connectivity index (χ4v) is 1.72. The fourth-order valence-electron chi connectivity index (χ4n) is 1.72. The number of para-hydroxylation sites is 1. The fraction of sp³-hybridized carbons (Fsp3) is 0.286. The lowest BCUT2D eigenvalue weighted by Crippen LogP contribution is -2.32. The second-order valence-electron chi connectivity index (χ2n) is 4.38. The van der Waals surface area contributed by atoms with E-state index in [2.05, 4.69) is 4.98 Å². The molecule has 0 fully saturated rings. The first-order valence-electron chi connectivity index (χ1n) is 6.29. The molecule has 1 heterocycles. The number of carbonyl (C=O) groups excluding carboxylic acids is 1. The average molecular weight is 295 g/mol. The third-order valence-electron chi connectivity index (χ3n) is 2.87. The first-order chi connectivity index (χ1) is 10.1. The molecule has 0 radical (unpaired) electrons. The van der Waals surface area contributed by atoms with Crippen LogP contribution in [0, 0.1) is 0 Å². The van der Waals surface area contributed by atoms with E-state index in [-0.39, 0.29) is 24.9 Å². The Morgan fingerprint density at radius 3 is 2.76 bits per heavy atom. The van der Waals surface area contributed by atoms with Gasteiger partial charge in [0.15, 0.2) is 6.61 Å². The van der Waals surface area contributed by atoms with E-state index in [0.717, 1.165) is 4.57 Å². The van der Waals surface area contributed by atoms with Crippen molar-refractivity contribution in [3.8, 4) is 5.75 Å². The third-order valence-corrected chi connectivity index (χ3v) is 2.87. The molecule has 0 aliphatic rings. The van der Waals surface area contributed by atoms with E-state index in [1.807, 2.05) is 6.07 Å². The van der Waals surface area contributed by atoms with Crippen molar-refractivity contribution >= 4 is 5.91 Å². The maximum Gasteiger partial charge on any atom is 0.319 e. The van der Waals surface area contributed by atoms with E-state index >= 15 is 0 Å². The van der Waals surface area contributed by atoms with Crippen molar-refractivity contribution in [2.45, 2.75) is 13.1 Å². The molecule has 112 valence electrons. The number of likely N-dealkylation sites (N-methyl/N-ethyl adjacent to an activating group) is 1. The van der Waals surface area contributed by atoms with Gasteiger partial charge in [-0.05, 0) is 12.1 Å². The van der Waals surface area contributed by atoms with Crippen molar-refractivity contribution in [1.82, 2.24) is 14.5 Å². The van der Waals surface area contributed by atoms with Crippen LogP contribution < -0.4 is 4.74 Å². The molecule has 0 saturated heterocycles. The molecule has 0 saturated carbocycles. The second kappa shape index (κ2) is 6.83. The molecule has 0 aliphatic carbocycles. The average Bonchev–Trinajstić information content (AvgIpc) is 2.94. The monoisotopic (exact) mass is 295 g/mol. The Morgan fingerprint density at radius 2 is 2.10 bits per heavy atom. The Balaban J connectivity index is 1.89. The van der Waals surface area contributed by atoms with E-state index in [1.54, 1.807) is 24.3 Å². The van der Waals surface area contributed by atoms with Gasteiger partial charge in [0, 0.05) is 19.4 Å². The molecule has 1 aromatic heterocycles. The summed E-state index contributed by atoms with van der Waals surface area (Å²) in [6.07, 6.45) is 2.46. The predicted octanol–water partition coefficient (Wildman–Crippen LogP) is 2.32. The number of hydrogen-bond acceptors (Lipinski definition) is 3. The Morgan fingerprint density at radius 1 is 1.38 bits per heavy atom. The Hall–Kier alpha value is -2.44. The molecule has 0 spiro atoms. The Kier molecular flexibility index (Phi) is 4.86. The lowest BCUT2D eigenvalue weighted by Gasteiger charge is -2.17. The van der Waals surface area contributed by atoms with Gasteiger partial charge in [-0.1, -0.05) is 18.2 Å². The number of imidazole rings is 1. The van der Waals surface area contributed by atoms with E-state index < -0.39 is 6.55 Å². The van der Waals surface area contributed by atoms with Crippen molar-refractivity contribution in [3.63, 3.8) is 0 Å². The number of rotatable bonds is 6. The molecular formula is C14H15F2N3O2. The van der Waals surface area contributed by atoms with Crippen LogP contribution in [-0.2, 0) is 11.3 Å². The summed E-state index contributed by atoms with van der Waals surface area (Å²) in [7, 11) is 1.52. The number of halogens is 2. The van der Waals surface area contributed by atoms with Crippen LogP contribution >= 0.6 is 0 Å². The van der Waals surface area contributed by atoms with Gasteiger partial charge in [0.1, 0.15) is 11.6 Å². The van der Waals surface area contributed by atoms with Crippen LogP contribution in [0.4, 0.5) is 8.78 Å². The van der Waals surface area contributed by atoms with Crippen LogP contribution in [0.15, 0.2) is 42.7 Å². The zero-order valence-electron chi connectivity index (χ0n) is 11.4. The molecule has 0 atom stereocenters. The maximum atomic E-state index is 12.7. The minimum Gasteiger partial charge on any atom is -0.484 e. The van der Waals surface area contributed by atoms with Gasteiger partial charge in [-0.15, -0.1) is 0 Å². The third kappa shape index (κ3) is 4.01. The lowest BCUT2D eigenvalue weighted by molar-refractivity contribution is -0.132. The van der Waals surface area contributed by atoms with Gasteiger partial charge in [-0.2, -0.15) is 8.78 Å². The first-order valence-corrected chi connectivity index (χ1v) is 6.29. The molecule has 0 aliphatic heterocycles. The van der Waals surface area contributed by atoms with E-state index in [9.17, 15) is 13.6 Å². The topological polar surface area (TPSA) is 47.4 Å². The van der Waals surface area contributed by atoms with Crippen LogP contribution in [0.5, 0.6) is 5.75 Å². The van der Waals surface area contributed by atoms with Crippen LogP contribution in [0.1, 0.15) is 12.4 Å². The standard InChI is InChI=1S/C14H15F2N3O2/c1-18(9-12-17-7-8-19(12)14(15)16)13(20)10-21-11-5-3-2-4-6-11/h2-8,14H,9-10H2,1H3. The zero-order valence-corrected chi connectivity index (χ0v) is 11.4. The highest BCUT2D eigenvalue weighted by molar-refractivity contribution is 5.77. The van der Waals surface area contributed by atoms with Gasteiger partial charge in [0.05, 0.1) is 6.54 Å². The summed E-state index contributed by atoms with van der Waals surface area (Å²) in [5.41, 5.74) is 0. The summed E-state index contributed by atoms with van der Waals surface area (Å²) in [5, 5.41) is 0. The minimum atomic E-state index is -2.67. The first kappa shape index (κ1) is 15.0. The van der Waals surface area contributed by atoms with Gasteiger partial charge in [0.25, 0.3) is 5.91 Å². The Labute approximate surface area is 120 Å². The highest BCUT2D eigenvalue weighted by atomic mass is 19.3. The second-order valence-corrected chi connectivity index (χ2v) is 4.38. The van der Waals surface area contributed by atoms with Gasteiger partial charge in [-0.3, -0.25) is 9.36 Å². The van der Waals surface area contributed by atoms with Crippen LogP contribution in [0.3, 0.4) is 0 Å². The molecule has 1 aromatic carbocycles. The number of ether oxygens (including phenoxy) is 1. The predicted molar refractivity (Wildman–Crippen MR) is 71.9 cm³/mol. The number of carbonyl (C=O) groups is 1. The molecule has 2 rings (SSSR count). The van der Waals surface area contributed by atoms with Gasteiger partial charge in [-0.25, -0.2) is 4.98 Å². The van der Waals surface area contributed by atoms with Gasteiger partial charge >= 0.3 is 6.55 Å². The number of alkyl halides is 2. The van der Waals surface area contributed by atoms with Gasteiger partial charge in [0.2, 0.25) is 0 Å². The SMILES string of the molecule is CN(Cc1nccn1C(F)F)C(=O)COc1ccccc1. The van der Waals surface area contributed by atoms with Crippen molar-refractivity contribution in [2.24, 2.45) is 0 Å². The minimum absolute atomic E-state index is 0.00563. The normalized spacial score (nSPS) is 10.7. The zero-order chi connectivity index (χ0) is 15.2. The summed E-state index contributed by atoms with van der Waals surface area (Å²) < 4.78 is 31.4. The number of nitrogens with zero attached hydrogens (tertiary/aromatic N) is 3. The number of amides is 1. The van der Waals surface area contributed by atoms with Gasteiger partial charge < -0.3 is 9.64 Å². The molecule has 1 amide bonds. The van der Waals surface area contributed by atoms with Crippen LogP contribution in [0.25, 0.3) is 0 Å². The van der Waals surface area contributed by atoms with Crippen molar-refractivity contribution in [2.75, 3.05) is 13.7 Å². The highest BCUT2D eigenvalue weighted by Crippen LogP contribution is 2.14. The number of benzene rings is 1. The summed E-state index contributed by atoms with van der Waals surface area (Å²) in [5.74, 6) is 0.386. The molecule has 0 bridgehead atoms. The van der Waals surface area contributed by atoms with Crippen molar-refractivity contribution in [3.05, 3.63) is 48.5 Å². The number of aromatic nitrogens is 2. The molecule has 0 unspecified atom stereocenters. The maximum absolute atomic E-state index is 12.7. The number of hydrogen-bond donors (Lipinski definition) is 0. The summed E-state index contributed by atoms with van der Waals surface area (Å²) in [6, 6.07) is 8.89. The highest BCUT2D eigenvalue weighted by Gasteiger charge is 2.16. The quantitative estimate of drug-likeness (QED) is 0.821. The summed E-state index contributed by atoms with van der Waals surface area (Å²) >= 11 is 0. The summed E-state index contributed by atoms with van der Waals surface area (Å²) in [4.78, 5) is 17.0. The van der Waals surface area contributed by atoms with E-state index in [4.69, 9.17) is 4.74 Å². The van der Waals surface area contributed by atoms with Crippen molar-refractivity contribution in [1.29, 1.82) is 0 Å². The molecular weight excluding hydrogens is 280 g/mol. The van der Waals surface area contributed by atoms with Crippen LogP contribution in [-0.4, -0.2) is 34.0 Å². The molecule has 5 nitrogen and oxygen atoms in total.